The molecule has 1 saturated heterocycles. The molecule has 0 aromatic rings. The van der Waals surface area contributed by atoms with Crippen LogP contribution in [0.5, 0.6) is 0 Å². The highest BCUT2D eigenvalue weighted by Crippen LogP contribution is 2.23. The van der Waals surface area contributed by atoms with Crippen LogP contribution in [-0.2, 0) is 9.59 Å². The van der Waals surface area contributed by atoms with Gasteiger partial charge in [-0.25, -0.2) is 0 Å². The zero-order valence-corrected chi connectivity index (χ0v) is 10.3. The summed E-state index contributed by atoms with van der Waals surface area (Å²) in [6.45, 7) is 4.58. The van der Waals surface area contributed by atoms with Gasteiger partial charge >= 0.3 is 5.97 Å². The third-order valence-corrected chi connectivity index (χ3v) is 3.10. The fourth-order valence-corrected chi connectivity index (χ4v) is 1.92. The van der Waals surface area contributed by atoms with Gasteiger partial charge in [0.25, 0.3) is 0 Å². The van der Waals surface area contributed by atoms with Crippen LogP contribution in [0.1, 0.15) is 33.1 Å². The number of nitriles is 1. The molecule has 1 aliphatic rings. The van der Waals surface area contributed by atoms with Crippen LogP contribution >= 0.6 is 0 Å². The van der Waals surface area contributed by atoms with E-state index in [9.17, 15) is 9.59 Å². The van der Waals surface area contributed by atoms with E-state index >= 15 is 0 Å². The van der Waals surface area contributed by atoms with E-state index in [-0.39, 0.29) is 17.7 Å². The molecule has 0 aromatic heterocycles. The maximum absolute atomic E-state index is 11.5. The summed E-state index contributed by atoms with van der Waals surface area (Å²) in [7, 11) is 0. The SMILES string of the molecule is CC(C)(C#N)CCCN1CC(C(=O)O)CC1=O. The molecule has 1 amide bonds. The first-order valence-electron chi connectivity index (χ1n) is 5.77. The maximum atomic E-state index is 11.5. The molecule has 0 spiro atoms. The fourth-order valence-electron chi connectivity index (χ4n) is 1.92. The maximum Gasteiger partial charge on any atom is 0.308 e. The molecule has 0 saturated carbocycles. The van der Waals surface area contributed by atoms with Crippen LogP contribution in [-0.4, -0.2) is 35.0 Å². The van der Waals surface area contributed by atoms with Crippen molar-refractivity contribution >= 4 is 11.9 Å². The topological polar surface area (TPSA) is 81.4 Å². The Morgan fingerprint density at radius 3 is 2.76 bits per heavy atom. The number of likely N-dealkylation sites (tertiary alicyclic amines) is 1. The van der Waals surface area contributed by atoms with Crippen LogP contribution in [0.4, 0.5) is 0 Å². The predicted octanol–water partition coefficient (Wildman–Crippen LogP) is 1.25. The van der Waals surface area contributed by atoms with Gasteiger partial charge in [0, 0.05) is 19.5 Å². The number of carbonyl (C=O) groups is 2. The van der Waals surface area contributed by atoms with Crippen molar-refractivity contribution in [2.75, 3.05) is 13.1 Å². The van der Waals surface area contributed by atoms with Gasteiger partial charge < -0.3 is 10.0 Å². The Labute approximate surface area is 101 Å². The number of aliphatic carboxylic acids is 1. The molecule has 0 aliphatic carbocycles. The smallest absolute Gasteiger partial charge is 0.308 e. The van der Waals surface area contributed by atoms with E-state index in [0.29, 0.717) is 19.5 Å². The van der Waals surface area contributed by atoms with E-state index in [1.165, 1.54) is 0 Å². The highest BCUT2D eigenvalue weighted by molar-refractivity contribution is 5.86. The number of carboxylic acids is 1. The molecule has 1 heterocycles. The Balaban J connectivity index is 2.37. The zero-order chi connectivity index (χ0) is 13.1. The summed E-state index contributed by atoms with van der Waals surface area (Å²) >= 11 is 0. The number of hydrogen-bond acceptors (Lipinski definition) is 3. The van der Waals surface area contributed by atoms with Crippen molar-refractivity contribution in [3.63, 3.8) is 0 Å². The number of carboxylic acid groups (broad SMARTS) is 1. The average molecular weight is 238 g/mol. The minimum absolute atomic E-state index is 0.0906. The number of nitrogens with zero attached hydrogens (tertiary/aromatic N) is 2. The molecule has 17 heavy (non-hydrogen) atoms. The first kappa shape index (κ1) is 13.5. The Morgan fingerprint density at radius 2 is 2.29 bits per heavy atom. The minimum Gasteiger partial charge on any atom is -0.481 e. The van der Waals surface area contributed by atoms with Crippen molar-refractivity contribution in [3.8, 4) is 6.07 Å². The normalized spacial score (nSPS) is 20.4. The summed E-state index contributed by atoms with van der Waals surface area (Å²) in [5.74, 6) is -1.56. The molecular formula is C12H18N2O3. The molecule has 0 bridgehead atoms. The van der Waals surface area contributed by atoms with E-state index in [1.807, 2.05) is 13.8 Å². The van der Waals surface area contributed by atoms with Gasteiger partial charge in [-0.05, 0) is 26.7 Å². The van der Waals surface area contributed by atoms with Gasteiger partial charge in [-0.2, -0.15) is 5.26 Å². The largest absolute Gasteiger partial charge is 0.481 e. The molecular weight excluding hydrogens is 220 g/mol. The Bertz CT molecular complexity index is 357. The van der Waals surface area contributed by atoms with E-state index in [4.69, 9.17) is 10.4 Å². The van der Waals surface area contributed by atoms with Gasteiger partial charge in [-0.15, -0.1) is 0 Å². The van der Waals surface area contributed by atoms with E-state index in [2.05, 4.69) is 6.07 Å². The molecule has 0 aromatic carbocycles. The quantitative estimate of drug-likeness (QED) is 0.781. The summed E-state index contributed by atoms with van der Waals surface area (Å²) in [4.78, 5) is 23.9. The molecule has 5 nitrogen and oxygen atoms in total. The summed E-state index contributed by atoms with van der Waals surface area (Å²) in [6.07, 6.45) is 1.56. The van der Waals surface area contributed by atoms with Crippen LogP contribution in [0.25, 0.3) is 0 Å². The molecule has 1 aliphatic heterocycles. The van der Waals surface area contributed by atoms with Crippen molar-refractivity contribution in [1.29, 1.82) is 5.26 Å². The third kappa shape index (κ3) is 3.74. The molecule has 1 rings (SSSR count). The second-order valence-corrected chi connectivity index (χ2v) is 5.18. The van der Waals surface area contributed by atoms with Gasteiger partial charge in [0.15, 0.2) is 0 Å². The van der Waals surface area contributed by atoms with Crippen LogP contribution in [0.3, 0.4) is 0 Å². The van der Waals surface area contributed by atoms with E-state index < -0.39 is 11.9 Å². The third-order valence-electron chi connectivity index (χ3n) is 3.10. The molecule has 1 atom stereocenters. The molecule has 1 fully saturated rings. The molecule has 94 valence electrons. The van der Waals surface area contributed by atoms with Gasteiger partial charge in [0.2, 0.25) is 5.91 Å². The second kappa shape index (κ2) is 5.17. The first-order valence-corrected chi connectivity index (χ1v) is 5.77. The highest BCUT2D eigenvalue weighted by atomic mass is 16.4. The van der Waals surface area contributed by atoms with Crippen molar-refractivity contribution in [2.24, 2.45) is 11.3 Å². The van der Waals surface area contributed by atoms with Gasteiger partial charge in [0.1, 0.15) is 0 Å². The Morgan fingerprint density at radius 1 is 1.65 bits per heavy atom. The number of rotatable bonds is 5. The molecule has 1 N–H and O–H groups in total. The van der Waals surface area contributed by atoms with Gasteiger partial charge in [-0.1, -0.05) is 0 Å². The number of carbonyl (C=O) groups excluding carboxylic acids is 1. The lowest BCUT2D eigenvalue weighted by molar-refractivity contribution is -0.141. The van der Waals surface area contributed by atoms with E-state index in [0.717, 1.165) is 6.42 Å². The Kier molecular flexibility index (Phi) is 4.11. The molecule has 5 heteroatoms. The number of hydrogen-bond donors (Lipinski definition) is 1. The first-order chi connectivity index (χ1) is 7.85. The van der Waals surface area contributed by atoms with Crippen molar-refractivity contribution in [2.45, 2.75) is 33.1 Å². The van der Waals surface area contributed by atoms with Crippen LogP contribution in [0.2, 0.25) is 0 Å². The predicted molar refractivity (Wildman–Crippen MR) is 61.0 cm³/mol. The lowest BCUT2D eigenvalue weighted by atomic mass is 9.90. The summed E-state index contributed by atoms with van der Waals surface area (Å²) in [5.41, 5.74) is -0.380. The highest BCUT2D eigenvalue weighted by Gasteiger charge is 2.33. The summed E-state index contributed by atoms with van der Waals surface area (Å²) in [6, 6.07) is 2.21. The van der Waals surface area contributed by atoms with Crippen LogP contribution in [0.15, 0.2) is 0 Å². The van der Waals surface area contributed by atoms with Gasteiger partial charge in [0.05, 0.1) is 17.4 Å². The molecule has 1 unspecified atom stereocenters. The van der Waals surface area contributed by atoms with Crippen molar-refractivity contribution < 1.29 is 14.7 Å². The van der Waals surface area contributed by atoms with Crippen molar-refractivity contribution in [1.82, 2.24) is 4.90 Å². The van der Waals surface area contributed by atoms with Gasteiger partial charge in [-0.3, -0.25) is 9.59 Å². The molecule has 0 radical (unpaired) electrons. The summed E-state index contributed by atoms with van der Waals surface area (Å²) < 4.78 is 0. The lowest BCUT2D eigenvalue weighted by Gasteiger charge is -2.19. The van der Waals surface area contributed by atoms with E-state index in [1.54, 1.807) is 4.90 Å². The lowest BCUT2D eigenvalue weighted by Crippen LogP contribution is -2.28. The summed E-state index contributed by atoms with van der Waals surface area (Å²) in [5, 5.41) is 17.7. The monoisotopic (exact) mass is 238 g/mol. The van der Waals surface area contributed by atoms with Crippen LogP contribution < -0.4 is 0 Å². The number of amides is 1. The second-order valence-electron chi connectivity index (χ2n) is 5.18. The zero-order valence-electron chi connectivity index (χ0n) is 10.3. The Hall–Kier alpha value is -1.57. The fraction of sp³-hybridized carbons (Fsp3) is 0.750. The van der Waals surface area contributed by atoms with Crippen molar-refractivity contribution in [3.05, 3.63) is 0 Å². The minimum atomic E-state index is -0.904. The standard InChI is InChI=1S/C12H18N2O3/c1-12(2,8-13)4-3-5-14-7-9(11(16)17)6-10(14)15/h9H,3-7H2,1-2H3,(H,16,17). The van der Waals surface area contributed by atoms with Crippen LogP contribution in [0, 0.1) is 22.7 Å². The average Bonchev–Trinajstić information content (AvgIpc) is 2.60.